The largest absolute Gasteiger partial charge is 0.495 e. The fourth-order valence-corrected chi connectivity index (χ4v) is 1.72. The normalized spacial score (nSPS) is 10.2. The minimum Gasteiger partial charge on any atom is -0.495 e. The molecule has 0 radical (unpaired) electrons. The average Bonchev–Trinajstić information content (AvgIpc) is 2.17. The molecule has 0 heterocycles. The minimum absolute atomic E-state index is 0.288. The van der Waals surface area contributed by atoms with Gasteiger partial charge in [0.05, 0.1) is 18.6 Å². The summed E-state index contributed by atoms with van der Waals surface area (Å²) in [6.45, 7) is -0.288. The molecule has 0 saturated heterocycles. The predicted octanol–water partition coefficient (Wildman–Crippen LogP) is 2.05. The molecule has 0 atom stereocenters. The van der Waals surface area contributed by atoms with Crippen molar-refractivity contribution in [2.45, 2.75) is 11.5 Å². The maximum absolute atomic E-state index is 13.5. The number of aliphatic hydroxyl groups is 1. The van der Waals surface area contributed by atoms with Crippen molar-refractivity contribution in [3.63, 3.8) is 0 Å². The van der Waals surface area contributed by atoms with E-state index in [1.807, 2.05) is 0 Å². The molecule has 72 valence electrons. The first-order chi connectivity index (χ1) is 6.24. The van der Waals surface area contributed by atoms with Gasteiger partial charge in [0.1, 0.15) is 11.6 Å². The molecule has 1 aromatic rings. The summed E-state index contributed by atoms with van der Waals surface area (Å²) < 4.78 is 18.4. The molecule has 0 saturated carbocycles. The van der Waals surface area contributed by atoms with E-state index in [-0.39, 0.29) is 6.61 Å². The number of rotatable bonds is 3. The molecule has 1 rings (SSSR count). The van der Waals surface area contributed by atoms with E-state index in [0.717, 1.165) is 0 Å². The lowest BCUT2D eigenvalue weighted by molar-refractivity contribution is 0.274. The van der Waals surface area contributed by atoms with E-state index in [2.05, 4.69) is 0 Å². The fourth-order valence-electron chi connectivity index (χ4n) is 1.05. The molecular formula is C9H11FO2S. The highest BCUT2D eigenvalue weighted by molar-refractivity contribution is 7.98. The van der Waals surface area contributed by atoms with Crippen molar-refractivity contribution in [1.29, 1.82) is 0 Å². The van der Waals surface area contributed by atoms with Gasteiger partial charge in [-0.25, -0.2) is 4.39 Å². The van der Waals surface area contributed by atoms with E-state index in [9.17, 15) is 4.39 Å². The van der Waals surface area contributed by atoms with Crippen LogP contribution in [0, 0.1) is 5.82 Å². The lowest BCUT2D eigenvalue weighted by Gasteiger charge is -2.09. The number of benzene rings is 1. The number of halogens is 1. The van der Waals surface area contributed by atoms with Gasteiger partial charge in [0.2, 0.25) is 0 Å². The second-order valence-electron chi connectivity index (χ2n) is 2.43. The molecular weight excluding hydrogens is 191 g/mol. The second-order valence-corrected chi connectivity index (χ2v) is 3.25. The Morgan fingerprint density at radius 3 is 2.69 bits per heavy atom. The number of thioether (sulfide) groups is 1. The van der Waals surface area contributed by atoms with Crippen molar-refractivity contribution < 1.29 is 14.2 Å². The fraction of sp³-hybridized carbons (Fsp3) is 0.333. The van der Waals surface area contributed by atoms with Crippen LogP contribution in [0.1, 0.15) is 5.56 Å². The standard InChI is InChI=1S/C9H11FO2S/c1-12-7-4-3-6(5-11)8(10)9(7)13-2/h3-4,11H,5H2,1-2H3. The van der Waals surface area contributed by atoms with Crippen molar-refractivity contribution in [2.24, 2.45) is 0 Å². The van der Waals surface area contributed by atoms with Gasteiger partial charge < -0.3 is 9.84 Å². The SMILES string of the molecule is COc1ccc(CO)c(F)c1SC. The zero-order valence-electron chi connectivity index (χ0n) is 7.50. The average molecular weight is 202 g/mol. The molecule has 0 amide bonds. The van der Waals surface area contributed by atoms with Crippen LogP contribution in [0.4, 0.5) is 4.39 Å². The predicted molar refractivity (Wildman–Crippen MR) is 50.7 cm³/mol. The maximum Gasteiger partial charge on any atom is 0.146 e. The quantitative estimate of drug-likeness (QED) is 0.761. The zero-order valence-corrected chi connectivity index (χ0v) is 8.32. The van der Waals surface area contributed by atoms with Crippen LogP contribution >= 0.6 is 11.8 Å². The Labute approximate surface area is 80.7 Å². The summed E-state index contributed by atoms with van der Waals surface area (Å²) in [6, 6.07) is 3.17. The third-order valence-electron chi connectivity index (χ3n) is 1.74. The molecule has 0 aliphatic heterocycles. The van der Waals surface area contributed by atoms with Crippen LogP contribution in [0.2, 0.25) is 0 Å². The summed E-state index contributed by atoms with van der Waals surface area (Å²) in [6.07, 6.45) is 1.77. The Kier molecular flexibility index (Phi) is 3.57. The summed E-state index contributed by atoms with van der Waals surface area (Å²) in [5.74, 6) is 0.108. The first kappa shape index (κ1) is 10.3. The minimum atomic E-state index is -0.394. The molecule has 0 aliphatic rings. The lowest BCUT2D eigenvalue weighted by atomic mass is 10.2. The number of hydrogen-bond donors (Lipinski definition) is 1. The molecule has 0 spiro atoms. The Hall–Kier alpha value is -0.740. The second kappa shape index (κ2) is 4.48. The first-order valence-corrected chi connectivity index (χ1v) is 4.97. The van der Waals surface area contributed by atoms with Gasteiger partial charge in [0, 0.05) is 5.56 Å². The molecule has 0 fully saturated rings. The Bertz CT molecular complexity index is 302. The Balaban J connectivity index is 3.23. The van der Waals surface area contributed by atoms with Crippen molar-refractivity contribution in [3.8, 4) is 5.75 Å². The van der Waals surface area contributed by atoms with Gasteiger partial charge in [0.25, 0.3) is 0 Å². The highest BCUT2D eigenvalue weighted by atomic mass is 32.2. The van der Waals surface area contributed by atoms with Gasteiger partial charge in [-0.05, 0) is 12.3 Å². The van der Waals surface area contributed by atoms with Crippen LogP contribution < -0.4 is 4.74 Å². The number of ether oxygens (including phenoxy) is 1. The number of methoxy groups -OCH3 is 1. The van der Waals surface area contributed by atoms with E-state index in [4.69, 9.17) is 9.84 Å². The van der Waals surface area contributed by atoms with Crippen LogP contribution in [-0.4, -0.2) is 18.5 Å². The van der Waals surface area contributed by atoms with E-state index in [1.54, 1.807) is 12.3 Å². The van der Waals surface area contributed by atoms with E-state index in [1.165, 1.54) is 24.9 Å². The van der Waals surface area contributed by atoms with Gasteiger partial charge in [-0.3, -0.25) is 0 Å². The summed E-state index contributed by atoms with van der Waals surface area (Å²) in [5, 5.41) is 8.81. The molecule has 4 heteroatoms. The maximum atomic E-state index is 13.5. The molecule has 0 bridgehead atoms. The van der Waals surface area contributed by atoms with Gasteiger partial charge >= 0.3 is 0 Å². The third-order valence-corrected chi connectivity index (χ3v) is 2.52. The monoisotopic (exact) mass is 202 g/mol. The molecule has 0 unspecified atom stereocenters. The van der Waals surface area contributed by atoms with Gasteiger partial charge in [0.15, 0.2) is 0 Å². The van der Waals surface area contributed by atoms with Gasteiger partial charge in [-0.1, -0.05) is 6.07 Å². The molecule has 0 aromatic heterocycles. The molecule has 0 aliphatic carbocycles. The van der Waals surface area contributed by atoms with E-state index >= 15 is 0 Å². The van der Waals surface area contributed by atoms with Crippen molar-refractivity contribution >= 4 is 11.8 Å². The lowest BCUT2D eigenvalue weighted by Crippen LogP contribution is -1.95. The van der Waals surface area contributed by atoms with Crippen LogP contribution in [-0.2, 0) is 6.61 Å². The van der Waals surface area contributed by atoms with Crippen LogP contribution in [0.25, 0.3) is 0 Å². The summed E-state index contributed by atoms with van der Waals surface area (Å²) in [7, 11) is 1.49. The van der Waals surface area contributed by atoms with Crippen LogP contribution in [0.3, 0.4) is 0 Å². The smallest absolute Gasteiger partial charge is 0.146 e. The molecule has 1 aromatic carbocycles. The topological polar surface area (TPSA) is 29.5 Å². The van der Waals surface area contributed by atoms with Crippen molar-refractivity contribution in [2.75, 3.05) is 13.4 Å². The number of hydrogen-bond acceptors (Lipinski definition) is 3. The van der Waals surface area contributed by atoms with Gasteiger partial charge in [-0.15, -0.1) is 11.8 Å². The third kappa shape index (κ3) is 1.95. The highest BCUT2D eigenvalue weighted by Crippen LogP contribution is 2.31. The molecule has 2 nitrogen and oxygen atoms in total. The highest BCUT2D eigenvalue weighted by Gasteiger charge is 2.12. The molecule has 13 heavy (non-hydrogen) atoms. The molecule has 1 N–H and O–H groups in total. The zero-order chi connectivity index (χ0) is 9.84. The van der Waals surface area contributed by atoms with Crippen LogP contribution in [0.5, 0.6) is 5.75 Å². The first-order valence-electron chi connectivity index (χ1n) is 3.74. The van der Waals surface area contributed by atoms with E-state index in [0.29, 0.717) is 16.2 Å². The summed E-state index contributed by atoms with van der Waals surface area (Å²) in [5.41, 5.74) is 0.296. The van der Waals surface area contributed by atoms with Crippen LogP contribution in [0.15, 0.2) is 17.0 Å². The summed E-state index contributed by atoms with van der Waals surface area (Å²) >= 11 is 1.27. The van der Waals surface area contributed by atoms with Crippen molar-refractivity contribution in [1.82, 2.24) is 0 Å². The summed E-state index contributed by atoms with van der Waals surface area (Å²) in [4.78, 5) is 0.439. The van der Waals surface area contributed by atoms with E-state index < -0.39 is 5.82 Å². The number of aliphatic hydroxyl groups excluding tert-OH is 1. The Morgan fingerprint density at radius 1 is 1.54 bits per heavy atom. The Morgan fingerprint density at radius 2 is 2.23 bits per heavy atom. The van der Waals surface area contributed by atoms with Crippen molar-refractivity contribution in [3.05, 3.63) is 23.5 Å². The van der Waals surface area contributed by atoms with Gasteiger partial charge in [-0.2, -0.15) is 0 Å².